The first-order valence-electron chi connectivity index (χ1n) is 8.11. The second-order valence-corrected chi connectivity index (χ2v) is 5.73. The number of hydrogen-bond donors (Lipinski definition) is 1. The molecule has 0 bridgehead atoms. The molecule has 6 heteroatoms. The SMILES string of the molecule is CCCC(C)NC(=O)COC(=O)c1ccc(Cn2cccn2)cc1. The Morgan fingerprint density at radius 1 is 1.29 bits per heavy atom. The average molecular weight is 329 g/mol. The minimum absolute atomic E-state index is 0.0859. The van der Waals surface area contributed by atoms with E-state index < -0.39 is 5.97 Å². The molecule has 1 atom stereocenters. The highest BCUT2D eigenvalue weighted by molar-refractivity contribution is 5.91. The molecule has 0 spiro atoms. The summed E-state index contributed by atoms with van der Waals surface area (Å²) in [5, 5.41) is 6.93. The first-order valence-corrected chi connectivity index (χ1v) is 8.11. The first-order chi connectivity index (χ1) is 11.6. The van der Waals surface area contributed by atoms with Gasteiger partial charge in [0.15, 0.2) is 6.61 Å². The van der Waals surface area contributed by atoms with E-state index in [1.54, 1.807) is 23.0 Å². The van der Waals surface area contributed by atoms with Crippen molar-refractivity contribution in [3.63, 3.8) is 0 Å². The largest absolute Gasteiger partial charge is 0.452 e. The molecule has 1 amide bonds. The molecule has 0 aliphatic rings. The Bertz CT molecular complexity index is 651. The van der Waals surface area contributed by atoms with Crippen LogP contribution in [0.3, 0.4) is 0 Å². The number of amides is 1. The zero-order valence-electron chi connectivity index (χ0n) is 14.1. The molecule has 1 unspecified atom stereocenters. The molecule has 0 fully saturated rings. The normalized spacial score (nSPS) is 11.8. The fourth-order valence-electron chi connectivity index (χ4n) is 2.36. The maximum absolute atomic E-state index is 12.0. The summed E-state index contributed by atoms with van der Waals surface area (Å²) in [6.07, 6.45) is 5.49. The van der Waals surface area contributed by atoms with Crippen LogP contribution in [0.1, 0.15) is 42.6 Å². The van der Waals surface area contributed by atoms with Gasteiger partial charge in [-0.05, 0) is 37.1 Å². The fraction of sp³-hybridized carbons (Fsp3) is 0.389. The average Bonchev–Trinajstić information content (AvgIpc) is 3.06. The summed E-state index contributed by atoms with van der Waals surface area (Å²) in [6, 6.07) is 9.03. The molecule has 2 aromatic rings. The van der Waals surface area contributed by atoms with Crippen LogP contribution in [0, 0.1) is 0 Å². The number of carbonyl (C=O) groups is 2. The van der Waals surface area contributed by atoms with Gasteiger partial charge in [0.2, 0.25) is 0 Å². The number of nitrogens with one attached hydrogen (secondary N) is 1. The highest BCUT2D eigenvalue weighted by Gasteiger charge is 2.12. The van der Waals surface area contributed by atoms with Gasteiger partial charge in [-0.15, -0.1) is 0 Å². The van der Waals surface area contributed by atoms with Crippen LogP contribution in [0.25, 0.3) is 0 Å². The molecule has 1 aromatic heterocycles. The van der Waals surface area contributed by atoms with E-state index in [4.69, 9.17) is 4.74 Å². The van der Waals surface area contributed by atoms with Gasteiger partial charge in [-0.1, -0.05) is 25.5 Å². The lowest BCUT2D eigenvalue weighted by Gasteiger charge is -2.12. The van der Waals surface area contributed by atoms with Crippen LogP contribution in [0.4, 0.5) is 0 Å². The number of nitrogens with zero attached hydrogens (tertiary/aromatic N) is 2. The monoisotopic (exact) mass is 329 g/mol. The van der Waals surface area contributed by atoms with Crippen molar-refractivity contribution in [2.45, 2.75) is 39.3 Å². The van der Waals surface area contributed by atoms with E-state index in [9.17, 15) is 9.59 Å². The van der Waals surface area contributed by atoms with Crippen molar-refractivity contribution in [3.8, 4) is 0 Å². The Labute approximate surface area is 141 Å². The van der Waals surface area contributed by atoms with Gasteiger partial charge in [0.25, 0.3) is 5.91 Å². The molecular formula is C18H23N3O3. The number of esters is 1. The molecule has 128 valence electrons. The summed E-state index contributed by atoms with van der Waals surface area (Å²) in [4.78, 5) is 23.7. The van der Waals surface area contributed by atoms with E-state index in [0.29, 0.717) is 12.1 Å². The van der Waals surface area contributed by atoms with Crippen molar-refractivity contribution in [2.75, 3.05) is 6.61 Å². The highest BCUT2D eigenvalue weighted by Crippen LogP contribution is 2.07. The number of benzene rings is 1. The van der Waals surface area contributed by atoms with E-state index in [1.165, 1.54) is 0 Å². The van der Waals surface area contributed by atoms with Gasteiger partial charge in [0.1, 0.15) is 0 Å². The van der Waals surface area contributed by atoms with Crippen LogP contribution in [-0.4, -0.2) is 34.3 Å². The first kappa shape index (κ1) is 17.7. The molecule has 0 aliphatic carbocycles. The van der Waals surface area contributed by atoms with Gasteiger partial charge in [0.05, 0.1) is 12.1 Å². The van der Waals surface area contributed by atoms with Crippen LogP contribution >= 0.6 is 0 Å². The second-order valence-electron chi connectivity index (χ2n) is 5.73. The summed E-state index contributed by atoms with van der Waals surface area (Å²) in [6.45, 7) is 4.36. The Morgan fingerprint density at radius 3 is 2.67 bits per heavy atom. The van der Waals surface area contributed by atoms with Crippen molar-refractivity contribution in [1.29, 1.82) is 0 Å². The second kappa shape index (κ2) is 8.86. The van der Waals surface area contributed by atoms with E-state index in [1.807, 2.05) is 31.3 Å². The maximum Gasteiger partial charge on any atom is 0.338 e. The van der Waals surface area contributed by atoms with Crippen LogP contribution < -0.4 is 5.32 Å². The highest BCUT2D eigenvalue weighted by atomic mass is 16.5. The van der Waals surface area contributed by atoms with Gasteiger partial charge in [-0.25, -0.2) is 4.79 Å². The van der Waals surface area contributed by atoms with Crippen LogP contribution in [0.15, 0.2) is 42.7 Å². The predicted molar refractivity (Wildman–Crippen MR) is 90.6 cm³/mol. The van der Waals surface area contributed by atoms with Crippen molar-refractivity contribution in [2.24, 2.45) is 0 Å². The van der Waals surface area contributed by atoms with E-state index in [0.717, 1.165) is 18.4 Å². The van der Waals surface area contributed by atoms with E-state index in [2.05, 4.69) is 17.3 Å². The number of ether oxygens (including phenoxy) is 1. The van der Waals surface area contributed by atoms with Gasteiger partial charge in [-0.3, -0.25) is 9.48 Å². The molecule has 0 saturated heterocycles. The van der Waals surface area contributed by atoms with Gasteiger partial charge in [-0.2, -0.15) is 5.10 Å². The molecule has 1 N–H and O–H groups in total. The third-order valence-electron chi connectivity index (χ3n) is 3.56. The van der Waals surface area contributed by atoms with Crippen molar-refractivity contribution < 1.29 is 14.3 Å². The molecule has 6 nitrogen and oxygen atoms in total. The summed E-state index contributed by atoms with van der Waals surface area (Å²) >= 11 is 0. The standard InChI is InChI=1S/C18H23N3O3/c1-3-5-14(2)20-17(22)13-24-18(23)16-8-6-15(7-9-16)12-21-11-4-10-19-21/h4,6-11,14H,3,5,12-13H2,1-2H3,(H,20,22). The van der Waals surface area contributed by atoms with Gasteiger partial charge >= 0.3 is 5.97 Å². The fourth-order valence-corrected chi connectivity index (χ4v) is 2.36. The Balaban J connectivity index is 1.81. The molecule has 1 heterocycles. The van der Waals surface area contributed by atoms with Crippen LogP contribution in [0.5, 0.6) is 0 Å². The molecule has 1 aromatic carbocycles. The Morgan fingerprint density at radius 2 is 2.04 bits per heavy atom. The number of carbonyl (C=O) groups excluding carboxylic acids is 2. The molecule has 0 radical (unpaired) electrons. The maximum atomic E-state index is 12.0. The van der Waals surface area contributed by atoms with Gasteiger partial charge in [0, 0.05) is 18.4 Å². The quantitative estimate of drug-likeness (QED) is 0.755. The summed E-state index contributed by atoms with van der Waals surface area (Å²) in [7, 11) is 0. The Kier molecular flexibility index (Phi) is 6.54. The summed E-state index contributed by atoms with van der Waals surface area (Å²) < 4.78 is 6.85. The van der Waals surface area contributed by atoms with Crippen molar-refractivity contribution in [3.05, 3.63) is 53.9 Å². The molecule has 0 aliphatic heterocycles. The van der Waals surface area contributed by atoms with Crippen molar-refractivity contribution >= 4 is 11.9 Å². The lowest BCUT2D eigenvalue weighted by Crippen LogP contribution is -2.35. The van der Waals surface area contributed by atoms with E-state index in [-0.39, 0.29) is 18.6 Å². The number of rotatable bonds is 8. The molecule has 2 rings (SSSR count). The number of aromatic nitrogens is 2. The van der Waals surface area contributed by atoms with Crippen LogP contribution in [0.2, 0.25) is 0 Å². The Hall–Kier alpha value is -2.63. The lowest BCUT2D eigenvalue weighted by molar-refractivity contribution is -0.124. The minimum Gasteiger partial charge on any atom is -0.452 e. The van der Waals surface area contributed by atoms with Gasteiger partial charge < -0.3 is 10.1 Å². The third-order valence-corrected chi connectivity index (χ3v) is 3.56. The third kappa shape index (κ3) is 5.53. The van der Waals surface area contributed by atoms with E-state index >= 15 is 0 Å². The van der Waals surface area contributed by atoms with Crippen molar-refractivity contribution in [1.82, 2.24) is 15.1 Å². The number of hydrogen-bond acceptors (Lipinski definition) is 4. The lowest BCUT2D eigenvalue weighted by atomic mass is 10.1. The topological polar surface area (TPSA) is 73.2 Å². The summed E-state index contributed by atoms with van der Waals surface area (Å²) in [5.74, 6) is -0.779. The minimum atomic E-state index is -0.501. The molecule has 24 heavy (non-hydrogen) atoms. The van der Waals surface area contributed by atoms with Crippen LogP contribution in [-0.2, 0) is 16.1 Å². The zero-order chi connectivity index (χ0) is 17.4. The summed E-state index contributed by atoms with van der Waals surface area (Å²) in [5.41, 5.74) is 1.45. The predicted octanol–water partition coefficient (Wildman–Crippen LogP) is 2.39. The zero-order valence-corrected chi connectivity index (χ0v) is 14.1. The smallest absolute Gasteiger partial charge is 0.338 e. The molecular weight excluding hydrogens is 306 g/mol. The molecule has 0 saturated carbocycles.